The van der Waals surface area contributed by atoms with Crippen molar-refractivity contribution in [2.24, 2.45) is 0 Å². The Hall–Kier alpha value is -4.21. The summed E-state index contributed by atoms with van der Waals surface area (Å²) in [5.41, 5.74) is 9.18. The molecule has 0 spiro atoms. The lowest BCUT2D eigenvalue weighted by Crippen LogP contribution is -2.34. The number of aromatic amines is 1. The number of halogens is 1. The highest BCUT2D eigenvalue weighted by Crippen LogP contribution is 2.19. The third kappa shape index (κ3) is 5.06. The van der Waals surface area contributed by atoms with Gasteiger partial charge in [-0.15, -0.1) is 0 Å². The monoisotopic (exact) mass is 463 g/mol. The van der Waals surface area contributed by atoms with Crippen molar-refractivity contribution in [2.45, 2.75) is 33.4 Å². The Morgan fingerprint density at radius 1 is 1.21 bits per heavy atom. The Morgan fingerprint density at radius 3 is 2.82 bits per heavy atom. The maximum absolute atomic E-state index is 13.4. The van der Waals surface area contributed by atoms with E-state index in [-0.39, 0.29) is 36.2 Å². The minimum Gasteiger partial charge on any atom is -0.384 e. The smallest absolute Gasteiger partial charge is 0.293 e. The van der Waals surface area contributed by atoms with E-state index in [0.29, 0.717) is 24.5 Å². The number of hydrogen-bond acceptors (Lipinski definition) is 6. The van der Waals surface area contributed by atoms with Crippen molar-refractivity contribution in [1.29, 1.82) is 0 Å². The predicted molar refractivity (Wildman–Crippen MR) is 129 cm³/mol. The van der Waals surface area contributed by atoms with E-state index < -0.39 is 0 Å². The topological polar surface area (TPSA) is 131 Å². The molecule has 10 heteroatoms. The fraction of sp³-hybridized carbons (Fsp3) is 0.250. The first-order valence-electron chi connectivity index (χ1n) is 10.9. The van der Waals surface area contributed by atoms with Gasteiger partial charge in [-0.1, -0.05) is 6.07 Å². The highest BCUT2D eigenvalue weighted by molar-refractivity contribution is 5.83. The van der Waals surface area contributed by atoms with Gasteiger partial charge in [0, 0.05) is 47.8 Å². The average molecular weight is 464 g/mol. The predicted octanol–water partition coefficient (Wildman–Crippen LogP) is 2.43. The molecule has 0 aliphatic carbocycles. The molecule has 9 nitrogen and oxygen atoms in total. The van der Waals surface area contributed by atoms with Crippen molar-refractivity contribution in [3.05, 3.63) is 81.4 Å². The maximum Gasteiger partial charge on any atom is 0.293 e. The molecule has 1 aromatic carbocycles. The number of carbonyl (C=O) groups excluding carboxylic acids is 1. The number of rotatable bonds is 8. The molecule has 5 N–H and O–H groups in total. The Kier molecular flexibility index (Phi) is 6.58. The molecule has 0 unspecified atom stereocenters. The summed E-state index contributed by atoms with van der Waals surface area (Å²) >= 11 is 0. The van der Waals surface area contributed by atoms with Crippen LogP contribution in [0.3, 0.4) is 0 Å². The second-order valence-corrected chi connectivity index (χ2v) is 8.08. The summed E-state index contributed by atoms with van der Waals surface area (Å²) in [6.45, 7) is 4.16. The van der Waals surface area contributed by atoms with Crippen LogP contribution in [0.25, 0.3) is 10.9 Å². The Bertz CT molecular complexity index is 1410. The SMILES string of the molecule is Cc1nc(N)ccc1CNC(=O)Cn1c(C)cnc(NCCc2c[nH]c3cc(F)ccc23)c1=O. The van der Waals surface area contributed by atoms with E-state index in [9.17, 15) is 14.0 Å². The van der Waals surface area contributed by atoms with E-state index >= 15 is 0 Å². The molecule has 0 fully saturated rings. The van der Waals surface area contributed by atoms with Crippen LogP contribution in [-0.4, -0.2) is 32.0 Å². The second-order valence-electron chi connectivity index (χ2n) is 8.08. The molecule has 4 rings (SSSR count). The first kappa shape index (κ1) is 23.0. The van der Waals surface area contributed by atoms with Gasteiger partial charge in [0.05, 0.1) is 0 Å². The third-order valence-electron chi connectivity index (χ3n) is 5.66. The number of nitrogens with two attached hydrogens (primary N) is 1. The Morgan fingerprint density at radius 2 is 2.03 bits per heavy atom. The number of hydrogen-bond donors (Lipinski definition) is 4. The van der Waals surface area contributed by atoms with Gasteiger partial charge in [0.1, 0.15) is 18.2 Å². The van der Waals surface area contributed by atoms with Crippen LogP contribution in [-0.2, 0) is 24.3 Å². The van der Waals surface area contributed by atoms with Crippen molar-refractivity contribution in [1.82, 2.24) is 24.8 Å². The van der Waals surface area contributed by atoms with Crippen LogP contribution in [0.4, 0.5) is 16.0 Å². The van der Waals surface area contributed by atoms with Crippen LogP contribution in [0.2, 0.25) is 0 Å². The van der Waals surface area contributed by atoms with Crippen LogP contribution in [0.5, 0.6) is 0 Å². The number of fused-ring (bicyclic) bond motifs is 1. The first-order valence-corrected chi connectivity index (χ1v) is 10.9. The molecule has 0 atom stereocenters. The van der Waals surface area contributed by atoms with Crippen molar-refractivity contribution in [2.75, 3.05) is 17.6 Å². The summed E-state index contributed by atoms with van der Waals surface area (Å²) in [5, 5.41) is 6.80. The van der Waals surface area contributed by atoms with Gasteiger partial charge in [-0.2, -0.15) is 0 Å². The number of carbonyl (C=O) groups is 1. The van der Waals surface area contributed by atoms with E-state index in [1.54, 1.807) is 25.3 Å². The number of nitrogens with one attached hydrogen (secondary N) is 3. The summed E-state index contributed by atoms with van der Waals surface area (Å²) in [6.07, 6.45) is 3.99. The molecule has 0 saturated heterocycles. The lowest BCUT2D eigenvalue weighted by atomic mass is 10.1. The van der Waals surface area contributed by atoms with Crippen LogP contribution in [0.1, 0.15) is 22.5 Å². The Balaban J connectivity index is 1.39. The van der Waals surface area contributed by atoms with Gasteiger partial charge in [0.2, 0.25) is 5.91 Å². The fourth-order valence-electron chi connectivity index (χ4n) is 3.76. The molecular formula is C24H26FN7O2. The highest BCUT2D eigenvalue weighted by atomic mass is 19.1. The lowest BCUT2D eigenvalue weighted by Gasteiger charge is -2.13. The fourth-order valence-corrected chi connectivity index (χ4v) is 3.76. The molecule has 0 saturated carbocycles. The lowest BCUT2D eigenvalue weighted by molar-refractivity contribution is -0.121. The minimum atomic E-state index is -0.374. The summed E-state index contributed by atoms with van der Waals surface area (Å²) in [6, 6.07) is 8.09. The molecule has 3 heterocycles. The van der Waals surface area contributed by atoms with Crippen molar-refractivity contribution in [3.8, 4) is 0 Å². The molecule has 0 aliphatic rings. The quantitative estimate of drug-likeness (QED) is 0.317. The standard InChI is InChI=1S/C24H26FN7O2/c1-14-10-30-23(27-8-7-17-12-28-20-9-18(25)4-5-19(17)20)24(34)32(14)13-22(33)29-11-16-3-6-21(26)31-15(16)2/h3-6,9-10,12,28H,7-8,11,13H2,1-2H3,(H2,26,31)(H,27,30)(H,29,33). The van der Waals surface area contributed by atoms with E-state index in [2.05, 4.69) is 25.6 Å². The van der Waals surface area contributed by atoms with E-state index in [1.807, 2.05) is 19.2 Å². The largest absolute Gasteiger partial charge is 0.384 e. The second kappa shape index (κ2) is 9.74. The zero-order chi connectivity index (χ0) is 24.2. The van der Waals surface area contributed by atoms with Crippen molar-refractivity contribution in [3.63, 3.8) is 0 Å². The summed E-state index contributed by atoms with van der Waals surface area (Å²) in [4.78, 5) is 36.9. The van der Waals surface area contributed by atoms with Crippen LogP contribution < -0.4 is 21.9 Å². The number of aryl methyl sites for hydroxylation is 2. The first-order chi connectivity index (χ1) is 16.3. The number of H-pyrrole nitrogens is 1. The maximum atomic E-state index is 13.4. The van der Waals surface area contributed by atoms with Gasteiger partial charge in [-0.3, -0.25) is 14.2 Å². The van der Waals surface area contributed by atoms with Gasteiger partial charge in [0.15, 0.2) is 5.82 Å². The highest BCUT2D eigenvalue weighted by Gasteiger charge is 2.12. The number of aromatic nitrogens is 4. The molecule has 0 bridgehead atoms. The van der Waals surface area contributed by atoms with Crippen LogP contribution in [0.15, 0.2) is 47.5 Å². The normalized spacial score (nSPS) is 11.0. The van der Waals surface area contributed by atoms with E-state index in [1.165, 1.54) is 16.7 Å². The average Bonchev–Trinajstić information content (AvgIpc) is 3.19. The molecule has 176 valence electrons. The minimum absolute atomic E-state index is 0.128. The molecule has 34 heavy (non-hydrogen) atoms. The van der Waals surface area contributed by atoms with Gasteiger partial charge < -0.3 is 21.4 Å². The van der Waals surface area contributed by atoms with E-state index in [4.69, 9.17) is 5.73 Å². The van der Waals surface area contributed by atoms with Crippen molar-refractivity contribution >= 4 is 28.4 Å². The zero-order valence-corrected chi connectivity index (χ0v) is 19.0. The summed E-state index contributed by atoms with van der Waals surface area (Å²) in [5.74, 6) is -0.00893. The molecule has 3 aromatic heterocycles. The van der Waals surface area contributed by atoms with E-state index in [0.717, 1.165) is 27.7 Å². The van der Waals surface area contributed by atoms with Gasteiger partial charge in [-0.25, -0.2) is 14.4 Å². The number of pyridine rings is 1. The molecule has 0 aliphatic heterocycles. The molecular weight excluding hydrogens is 437 g/mol. The molecule has 1 amide bonds. The number of amides is 1. The summed E-state index contributed by atoms with van der Waals surface area (Å²) in [7, 11) is 0. The zero-order valence-electron chi connectivity index (χ0n) is 19.0. The third-order valence-corrected chi connectivity index (χ3v) is 5.66. The Labute approximate surface area is 195 Å². The van der Waals surface area contributed by atoms with Crippen LogP contribution in [0, 0.1) is 19.7 Å². The number of nitrogen functional groups attached to an aromatic ring is 1. The van der Waals surface area contributed by atoms with Gasteiger partial charge in [-0.05, 0) is 55.7 Å². The number of nitrogens with zero attached hydrogens (tertiary/aromatic N) is 3. The van der Waals surface area contributed by atoms with Crippen LogP contribution >= 0.6 is 0 Å². The van der Waals surface area contributed by atoms with Gasteiger partial charge in [0.25, 0.3) is 5.56 Å². The molecule has 0 radical (unpaired) electrons. The molecule has 4 aromatic rings. The van der Waals surface area contributed by atoms with Gasteiger partial charge >= 0.3 is 0 Å². The number of benzene rings is 1. The number of anilines is 2. The summed E-state index contributed by atoms with van der Waals surface area (Å²) < 4.78 is 14.8. The van der Waals surface area contributed by atoms with Crippen molar-refractivity contribution < 1.29 is 9.18 Å².